The molecule has 1 unspecified atom stereocenters. The summed E-state index contributed by atoms with van der Waals surface area (Å²) in [6.07, 6.45) is -0.549. The van der Waals surface area contributed by atoms with Crippen LogP contribution >= 0.6 is 0 Å². The van der Waals surface area contributed by atoms with Gasteiger partial charge in [0, 0.05) is 26.3 Å². The van der Waals surface area contributed by atoms with Gasteiger partial charge in [0.2, 0.25) is 0 Å². The number of nitrogens with zero attached hydrogens (tertiary/aromatic N) is 1. The number of nitrogens with two attached hydrogens (primary N) is 1. The number of carbonyl (C=O) groups excluding carboxylic acids is 1. The number of halogens is 1. The van der Waals surface area contributed by atoms with E-state index in [4.69, 9.17) is 10.5 Å². The monoisotopic (exact) mass is 297 g/mol. The third-order valence-corrected chi connectivity index (χ3v) is 2.78. The molecule has 0 bridgehead atoms. The first-order valence-corrected chi connectivity index (χ1v) is 6.80. The first-order valence-electron chi connectivity index (χ1n) is 6.80. The molecule has 0 saturated heterocycles. The molecule has 1 atom stereocenters. The van der Waals surface area contributed by atoms with E-state index in [1.807, 2.05) is 0 Å². The standard InChI is InChI=1S/C15H24FN3O2/c1-15(2,3)21-14(20)18-12(9-17)11-7-6-10(16)8-13(11)19(4)5/h6-8,12H,9,17H2,1-5H3,(H,18,20). The highest BCUT2D eigenvalue weighted by molar-refractivity contribution is 5.69. The summed E-state index contributed by atoms with van der Waals surface area (Å²) in [5.41, 5.74) is 6.57. The Kier molecular flexibility index (Phi) is 5.54. The second kappa shape index (κ2) is 6.76. The first-order chi connectivity index (χ1) is 9.64. The van der Waals surface area contributed by atoms with Crippen molar-refractivity contribution in [3.63, 3.8) is 0 Å². The van der Waals surface area contributed by atoms with Gasteiger partial charge in [0.1, 0.15) is 11.4 Å². The van der Waals surface area contributed by atoms with Gasteiger partial charge in [0.25, 0.3) is 0 Å². The van der Waals surface area contributed by atoms with Gasteiger partial charge in [0.15, 0.2) is 0 Å². The van der Waals surface area contributed by atoms with Crippen LogP contribution in [0.3, 0.4) is 0 Å². The molecule has 0 aliphatic carbocycles. The van der Waals surface area contributed by atoms with E-state index in [1.165, 1.54) is 12.1 Å². The Bertz CT molecular complexity index is 498. The summed E-state index contributed by atoms with van der Waals surface area (Å²) in [4.78, 5) is 13.6. The van der Waals surface area contributed by atoms with Crippen LogP contribution < -0.4 is 16.0 Å². The maximum Gasteiger partial charge on any atom is 0.408 e. The fraction of sp³-hybridized carbons (Fsp3) is 0.533. The van der Waals surface area contributed by atoms with Crippen LogP contribution in [0.2, 0.25) is 0 Å². The Balaban J connectivity index is 2.98. The van der Waals surface area contributed by atoms with Crippen LogP contribution in [0.5, 0.6) is 0 Å². The predicted octanol–water partition coefficient (Wildman–Crippen LogP) is 2.42. The molecule has 1 amide bonds. The van der Waals surface area contributed by atoms with Crippen molar-refractivity contribution < 1.29 is 13.9 Å². The van der Waals surface area contributed by atoms with Crippen molar-refractivity contribution in [2.24, 2.45) is 5.73 Å². The van der Waals surface area contributed by atoms with Gasteiger partial charge < -0.3 is 20.7 Å². The molecule has 0 saturated carbocycles. The molecule has 5 nitrogen and oxygen atoms in total. The average molecular weight is 297 g/mol. The number of carbonyl (C=O) groups is 1. The SMILES string of the molecule is CN(C)c1cc(F)ccc1C(CN)NC(=O)OC(C)(C)C. The van der Waals surface area contributed by atoms with E-state index in [0.717, 1.165) is 5.56 Å². The fourth-order valence-corrected chi connectivity index (χ4v) is 1.91. The molecule has 0 aliphatic heterocycles. The summed E-state index contributed by atoms with van der Waals surface area (Å²) in [6, 6.07) is 3.94. The summed E-state index contributed by atoms with van der Waals surface area (Å²) < 4.78 is 18.6. The lowest BCUT2D eigenvalue weighted by atomic mass is 10.0. The summed E-state index contributed by atoms with van der Waals surface area (Å²) in [5.74, 6) is -0.338. The molecule has 6 heteroatoms. The fourth-order valence-electron chi connectivity index (χ4n) is 1.91. The van der Waals surface area contributed by atoms with E-state index in [2.05, 4.69) is 5.32 Å². The Morgan fingerprint density at radius 1 is 1.43 bits per heavy atom. The van der Waals surface area contributed by atoms with Crippen molar-refractivity contribution in [3.8, 4) is 0 Å². The van der Waals surface area contributed by atoms with E-state index in [9.17, 15) is 9.18 Å². The van der Waals surface area contributed by atoms with Gasteiger partial charge >= 0.3 is 6.09 Å². The topological polar surface area (TPSA) is 67.6 Å². The molecule has 0 fully saturated rings. The molecule has 118 valence electrons. The Morgan fingerprint density at radius 3 is 2.52 bits per heavy atom. The second-order valence-electron chi connectivity index (χ2n) is 6.03. The summed E-state index contributed by atoms with van der Waals surface area (Å²) in [7, 11) is 3.61. The van der Waals surface area contributed by atoms with Crippen LogP contribution in [-0.2, 0) is 4.74 Å². The average Bonchev–Trinajstić information content (AvgIpc) is 2.34. The van der Waals surface area contributed by atoms with Gasteiger partial charge in [-0.05, 0) is 38.5 Å². The maximum absolute atomic E-state index is 13.4. The number of hydrogen-bond donors (Lipinski definition) is 2. The number of amides is 1. The smallest absolute Gasteiger partial charge is 0.408 e. The van der Waals surface area contributed by atoms with Crippen molar-refractivity contribution >= 4 is 11.8 Å². The molecule has 0 radical (unpaired) electrons. The van der Waals surface area contributed by atoms with Gasteiger partial charge in [-0.15, -0.1) is 0 Å². The molecular weight excluding hydrogens is 273 g/mol. The largest absolute Gasteiger partial charge is 0.444 e. The highest BCUT2D eigenvalue weighted by Crippen LogP contribution is 2.26. The van der Waals surface area contributed by atoms with Gasteiger partial charge in [0.05, 0.1) is 6.04 Å². The van der Waals surface area contributed by atoms with Crippen molar-refractivity contribution in [1.29, 1.82) is 0 Å². The number of nitrogens with one attached hydrogen (secondary N) is 1. The molecule has 1 rings (SSSR count). The van der Waals surface area contributed by atoms with Gasteiger partial charge in [-0.2, -0.15) is 0 Å². The lowest BCUT2D eigenvalue weighted by molar-refractivity contribution is 0.0505. The minimum absolute atomic E-state index is 0.186. The van der Waals surface area contributed by atoms with Crippen molar-refractivity contribution in [1.82, 2.24) is 5.32 Å². The van der Waals surface area contributed by atoms with E-state index in [-0.39, 0.29) is 12.4 Å². The van der Waals surface area contributed by atoms with Gasteiger partial charge in [-0.3, -0.25) is 0 Å². The zero-order chi connectivity index (χ0) is 16.2. The third-order valence-electron chi connectivity index (χ3n) is 2.78. The molecule has 3 N–H and O–H groups in total. The van der Waals surface area contributed by atoms with E-state index >= 15 is 0 Å². The second-order valence-corrected chi connectivity index (χ2v) is 6.03. The van der Waals surface area contributed by atoms with Crippen LogP contribution in [-0.4, -0.2) is 32.3 Å². The summed E-state index contributed by atoms with van der Waals surface area (Å²) in [5, 5.41) is 2.72. The highest BCUT2D eigenvalue weighted by atomic mass is 19.1. The summed E-state index contributed by atoms with van der Waals surface area (Å²) in [6.45, 7) is 5.54. The Hall–Kier alpha value is -1.82. The van der Waals surface area contributed by atoms with Crippen molar-refractivity contribution in [2.45, 2.75) is 32.4 Å². The Morgan fingerprint density at radius 2 is 2.05 bits per heavy atom. The zero-order valence-corrected chi connectivity index (χ0v) is 13.2. The number of hydrogen-bond acceptors (Lipinski definition) is 4. The zero-order valence-electron chi connectivity index (χ0n) is 13.2. The minimum Gasteiger partial charge on any atom is -0.444 e. The van der Waals surface area contributed by atoms with Crippen LogP contribution in [0.1, 0.15) is 32.4 Å². The quantitative estimate of drug-likeness (QED) is 0.895. The first kappa shape index (κ1) is 17.2. The normalized spacial score (nSPS) is 12.7. The van der Waals surface area contributed by atoms with E-state index in [0.29, 0.717) is 5.69 Å². The lowest BCUT2D eigenvalue weighted by Crippen LogP contribution is -2.38. The van der Waals surface area contributed by atoms with Crippen LogP contribution in [0.25, 0.3) is 0 Å². The molecule has 1 aromatic carbocycles. The minimum atomic E-state index is -0.587. The molecule has 21 heavy (non-hydrogen) atoms. The number of anilines is 1. The van der Waals surface area contributed by atoms with Crippen LogP contribution in [0.15, 0.2) is 18.2 Å². The number of ether oxygens (including phenoxy) is 1. The molecule has 1 aromatic rings. The Labute approximate surface area is 125 Å². The van der Waals surface area contributed by atoms with Crippen LogP contribution in [0, 0.1) is 5.82 Å². The van der Waals surface area contributed by atoms with Gasteiger partial charge in [-0.25, -0.2) is 9.18 Å². The number of alkyl carbamates (subject to hydrolysis) is 1. The third kappa shape index (κ3) is 5.23. The lowest BCUT2D eigenvalue weighted by Gasteiger charge is -2.26. The maximum atomic E-state index is 13.4. The molecular formula is C15H24FN3O2. The van der Waals surface area contributed by atoms with Crippen LogP contribution in [0.4, 0.5) is 14.9 Å². The van der Waals surface area contributed by atoms with E-state index in [1.54, 1.807) is 45.8 Å². The highest BCUT2D eigenvalue weighted by Gasteiger charge is 2.22. The summed E-state index contributed by atoms with van der Waals surface area (Å²) >= 11 is 0. The van der Waals surface area contributed by atoms with Crippen molar-refractivity contribution in [2.75, 3.05) is 25.5 Å². The predicted molar refractivity (Wildman–Crippen MR) is 81.9 cm³/mol. The molecule has 0 aliphatic rings. The number of benzene rings is 1. The molecule has 0 spiro atoms. The number of rotatable bonds is 4. The van der Waals surface area contributed by atoms with Crippen molar-refractivity contribution in [3.05, 3.63) is 29.6 Å². The molecule has 0 heterocycles. The van der Waals surface area contributed by atoms with E-state index < -0.39 is 17.7 Å². The molecule has 0 aromatic heterocycles. The van der Waals surface area contributed by atoms with Gasteiger partial charge in [-0.1, -0.05) is 6.07 Å².